The summed E-state index contributed by atoms with van der Waals surface area (Å²) in [5.74, 6) is 0.104. The molecule has 5 heteroatoms. The third kappa shape index (κ3) is 10.5. The zero-order chi connectivity index (χ0) is 16.5. The lowest BCUT2D eigenvalue weighted by atomic mass is 10.2. The summed E-state index contributed by atoms with van der Waals surface area (Å²) in [5, 5.41) is 4.33. The fourth-order valence-electron chi connectivity index (χ4n) is 1.40. The van der Waals surface area contributed by atoms with Gasteiger partial charge in [-0.3, -0.25) is 0 Å². The quantitative estimate of drug-likeness (QED) is 0.381. The van der Waals surface area contributed by atoms with E-state index in [2.05, 4.69) is 25.1 Å². The van der Waals surface area contributed by atoms with Gasteiger partial charge in [0.1, 0.15) is 5.60 Å². The average Bonchev–Trinajstić information content (AvgIpc) is 2.33. The van der Waals surface area contributed by atoms with Gasteiger partial charge < -0.3 is 14.9 Å². The van der Waals surface area contributed by atoms with E-state index in [0.29, 0.717) is 18.8 Å². The molecule has 0 spiro atoms. The van der Waals surface area contributed by atoms with E-state index in [4.69, 9.17) is 9.57 Å². The molecule has 0 heterocycles. The minimum Gasteiger partial charge on any atom is -0.474 e. The van der Waals surface area contributed by atoms with Crippen molar-refractivity contribution in [2.24, 2.45) is 0 Å². The van der Waals surface area contributed by atoms with Gasteiger partial charge in [-0.15, -0.1) is 6.58 Å². The zero-order valence-electron chi connectivity index (χ0n) is 13.7. The molecule has 0 saturated heterocycles. The van der Waals surface area contributed by atoms with Gasteiger partial charge in [0.05, 0.1) is 6.42 Å². The monoisotopic (exact) mass is 296 g/mol. The summed E-state index contributed by atoms with van der Waals surface area (Å²) in [7, 11) is 1.67. The molecule has 0 aromatic carbocycles. The molecule has 1 N–H and O–H groups in total. The van der Waals surface area contributed by atoms with E-state index in [1.165, 1.54) is 5.06 Å². The first-order chi connectivity index (χ1) is 9.65. The summed E-state index contributed by atoms with van der Waals surface area (Å²) in [6.07, 6.45) is 3.52. The van der Waals surface area contributed by atoms with Gasteiger partial charge in [0.15, 0.2) is 5.88 Å². The van der Waals surface area contributed by atoms with Crippen molar-refractivity contribution in [3.63, 3.8) is 0 Å². The van der Waals surface area contributed by atoms with Crippen LogP contribution in [0.3, 0.4) is 0 Å². The van der Waals surface area contributed by atoms with Crippen LogP contribution in [0.15, 0.2) is 37.4 Å². The van der Waals surface area contributed by atoms with E-state index in [9.17, 15) is 4.79 Å². The van der Waals surface area contributed by atoms with Gasteiger partial charge in [0.25, 0.3) is 0 Å². The van der Waals surface area contributed by atoms with Crippen molar-refractivity contribution in [2.75, 3.05) is 13.6 Å². The summed E-state index contributed by atoms with van der Waals surface area (Å²) in [4.78, 5) is 16.8. The van der Waals surface area contributed by atoms with Crippen molar-refractivity contribution >= 4 is 5.97 Å². The minimum atomic E-state index is -0.340. The smallest absolute Gasteiger partial charge is 0.334 e. The Labute approximate surface area is 128 Å². The van der Waals surface area contributed by atoms with E-state index in [1.807, 2.05) is 20.8 Å². The van der Waals surface area contributed by atoms with Crippen molar-refractivity contribution in [2.45, 2.75) is 45.6 Å². The summed E-state index contributed by atoms with van der Waals surface area (Å²) in [6, 6.07) is 0. The van der Waals surface area contributed by atoms with Crippen LogP contribution in [0.4, 0.5) is 0 Å². The van der Waals surface area contributed by atoms with Crippen molar-refractivity contribution in [3.05, 3.63) is 37.4 Å². The third-order valence-corrected chi connectivity index (χ3v) is 2.40. The third-order valence-electron chi connectivity index (χ3n) is 2.40. The number of rotatable bonds is 10. The molecule has 0 aromatic rings. The fraction of sp³-hybridized carbons (Fsp3) is 0.562. The van der Waals surface area contributed by atoms with Crippen molar-refractivity contribution in [3.8, 4) is 0 Å². The van der Waals surface area contributed by atoms with Crippen molar-refractivity contribution in [1.29, 1.82) is 0 Å². The number of nitrogens with one attached hydrogen (secondary N) is 1. The number of carbonyl (C=O) groups excluding carboxylic acids is 1. The number of nitrogens with zero attached hydrogens (tertiary/aromatic N) is 1. The molecule has 0 radical (unpaired) electrons. The molecule has 5 nitrogen and oxygen atoms in total. The van der Waals surface area contributed by atoms with Gasteiger partial charge in [-0.2, -0.15) is 0 Å². The molecule has 0 atom stereocenters. The number of hydrogen-bond acceptors (Lipinski definition) is 5. The maximum atomic E-state index is 11.7. The Balaban J connectivity index is 3.92. The van der Waals surface area contributed by atoms with Gasteiger partial charge in [-0.1, -0.05) is 12.7 Å². The largest absolute Gasteiger partial charge is 0.474 e. The maximum Gasteiger partial charge on any atom is 0.334 e. The van der Waals surface area contributed by atoms with Crippen LogP contribution in [0.1, 0.15) is 40.0 Å². The highest BCUT2D eigenvalue weighted by atomic mass is 16.7. The lowest BCUT2D eigenvalue weighted by Crippen LogP contribution is -2.28. The summed E-state index contributed by atoms with van der Waals surface area (Å²) in [5.41, 5.74) is 0.421. The van der Waals surface area contributed by atoms with Crippen molar-refractivity contribution in [1.82, 2.24) is 10.4 Å². The Hall–Kier alpha value is -1.91. The molecule has 0 saturated carbocycles. The second-order valence-corrected chi connectivity index (χ2v) is 5.67. The highest BCUT2D eigenvalue weighted by Crippen LogP contribution is 2.11. The highest BCUT2D eigenvalue weighted by molar-refractivity contribution is 5.69. The van der Waals surface area contributed by atoms with Gasteiger partial charge >= 0.3 is 5.97 Å². The van der Waals surface area contributed by atoms with E-state index in [0.717, 1.165) is 12.1 Å². The number of ether oxygens (including phenoxy) is 1. The lowest BCUT2D eigenvalue weighted by Gasteiger charge is -2.23. The molecule has 0 fully saturated rings. The van der Waals surface area contributed by atoms with Gasteiger partial charge in [-0.05, 0) is 40.2 Å². The molecule has 0 aliphatic carbocycles. The van der Waals surface area contributed by atoms with Crippen molar-refractivity contribution < 1.29 is 14.4 Å². The van der Waals surface area contributed by atoms with Crippen LogP contribution in [0, 0.1) is 0 Å². The van der Waals surface area contributed by atoms with E-state index in [1.54, 1.807) is 13.1 Å². The normalized spacial score (nSPS) is 10.5. The standard InChI is InChI=1S/C16H28N2O3/c1-8-9-10-13(2)18(7)21-15(19)11-12-17-14(3)20-16(4,5)6/h8,17H,1-3,9-12H2,4-7H3. The fourth-order valence-corrected chi connectivity index (χ4v) is 1.40. The first kappa shape index (κ1) is 19.1. The van der Waals surface area contributed by atoms with Crippen LogP contribution in [0.5, 0.6) is 0 Å². The van der Waals surface area contributed by atoms with E-state index >= 15 is 0 Å². The first-order valence-corrected chi connectivity index (χ1v) is 7.00. The van der Waals surface area contributed by atoms with E-state index < -0.39 is 0 Å². The average molecular weight is 296 g/mol. The van der Waals surface area contributed by atoms with Crippen LogP contribution in [0.2, 0.25) is 0 Å². The maximum absolute atomic E-state index is 11.7. The Morgan fingerprint density at radius 2 is 1.90 bits per heavy atom. The predicted molar refractivity (Wildman–Crippen MR) is 85.0 cm³/mol. The lowest BCUT2D eigenvalue weighted by molar-refractivity contribution is -0.176. The molecule has 0 rings (SSSR count). The molecule has 0 aliphatic heterocycles. The zero-order valence-corrected chi connectivity index (χ0v) is 13.7. The second-order valence-electron chi connectivity index (χ2n) is 5.67. The number of hydrogen-bond donors (Lipinski definition) is 1. The van der Waals surface area contributed by atoms with Gasteiger partial charge in [0.2, 0.25) is 0 Å². The second kappa shape index (κ2) is 9.10. The van der Waals surface area contributed by atoms with Crippen LogP contribution in [0.25, 0.3) is 0 Å². The van der Waals surface area contributed by atoms with Gasteiger partial charge in [-0.25, -0.2) is 9.86 Å². The number of allylic oxidation sites excluding steroid dienone is 2. The minimum absolute atomic E-state index is 0.214. The Morgan fingerprint density at radius 3 is 2.43 bits per heavy atom. The molecular weight excluding hydrogens is 268 g/mol. The van der Waals surface area contributed by atoms with Crippen LogP contribution >= 0.6 is 0 Å². The molecule has 0 bridgehead atoms. The summed E-state index contributed by atoms with van der Waals surface area (Å²) < 4.78 is 5.49. The predicted octanol–water partition coefficient (Wildman–Crippen LogP) is 3.12. The molecule has 0 unspecified atom stereocenters. The first-order valence-electron chi connectivity index (χ1n) is 7.00. The summed E-state index contributed by atoms with van der Waals surface area (Å²) >= 11 is 0. The molecule has 0 amide bonds. The Kier molecular flexibility index (Phi) is 8.28. The van der Waals surface area contributed by atoms with Gasteiger partial charge in [0, 0.05) is 19.3 Å². The molecule has 120 valence electrons. The van der Waals surface area contributed by atoms with E-state index in [-0.39, 0.29) is 18.0 Å². The number of carbonyl (C=O) groups is 1. The molecular formula is C16H28N2O3. The molecule has 0 aliphatic rings. The van der Waals surface area contributed by atoms with Crippen LogP contribution in [-0.4, -0.2) is 30.2 Å². The number of hydroxylamine groups is 2. The topological polar surface area (TPSA) is 50.8 Å². The Morgan fingerprint density at radius 1 is 1.29 bits per heavy atom. The van der Waals surface area contributed by atoms with Crippen LogP contribution in [-0.2, 0) is 14.4 Å². The summed E-state index contributed by atoms with van der Waals surface area (Å²) in [6.45, 7) is 17.4. The molecule has 0 aromatic heterocycles. The molecule has 21 heavy (non-hydrogen) atoms. The SMILES string of the molecule is C=CCCC(=C)N(C)OC(=O)CCNC(=C)OC(C)(C)C. The van der Waals surface area contributed by atoms with Crippen LogP contribution < -0.4 is 5.32 Å². The Bertz CT molecular complexity index is 383. The highest BCUT2D eigenvalue weighted by Gasteiger charge is 2.13.